The molecule has 0 aromatic heterocycles. The fourth-order valence-electron chi connectivity index (χ4n) is 8.78. The fourth-order valence-corrected chi connectivity index (χ4v) is 8.78. The summed E-state index contributed by atoms with van der Waals surface area (Å²) in [5, 5.41) is 10.3. The third-order valence-corrected chi connectivity index (χ3v) is 10.4. The second-order valence-electron chi connectivity index (χ2n) is 12.1. The number of ketones is 1. The van der Waals surface area contributed by atoms with E-state index in [9.17, 15) is 9.90 Å². The van der Waals surface area contributed by atoms with Crippen LogP contribution in [-0.2, 0) is 4.79 Å². The molecule has 3 fully saturated rings. The van der Waals surface area contributed by atoms with Crippen LogP contribution >= 0.6 is 0 Å². The Morgan fingerprint density at radius 1 is 1.06 bits per heavy atom. The van der Waals surface area contributed by atoms with Gasteiger partial charge >= 0.3 is 0 Å². The largest absolute Gasteiger partial charge is 0.393 e. The number of carbonyl (C=O) groups is 1. The molecule has 0 amide bonds. The fraction of sp³-hybridized carbons (Fsp3) is 0.690. The van der Waals surface area contributed by atoms with Crippen molar-refractivity contribution in [1.82, 2.24) is 0 Å². The molecule has 1 N–H and O–H groups in total. The quantitative estimate of drug-likeness (QED) is 0.594. The minimum absolute atomic E-state index is 0.105. The standard InChI is InChI=1S/C29H41NO2/c1-18(31)27-24(19-6-9-21(10-7-19)30(4)5)17-26-23-11-8-20-16-22(32)12-14-28(20,2)25(23)13-15-29(26,27)3/h6-10,22-27,32H,11-17H2,1-5H3. The lowest BCUT2D eigenvalue weighted by Gasteiger charge is -2.57. The zero-order valence-electron chi connectivity index (χ0n) is 20.6. The third-order valence-electron chi connectivity index (χ3n) is 10.4. The first-order valence-electron chi connectivity index (χ1n) is 12.8. The van der Waals surface area contributed by atoms with E-state index in [-0.39, 0.29) is 22.9 Å². The molecule has 3 heteroatoms. The highest BCUT2D eigenvalue weighted by Crippen LogP contribution is 2.68. The second-order valence-corrected chi connectivity index (χ2v) is 12.1. The van der Waals surface area contributed by atoms with E-state index in [4.69, 9.17) is 0 Å². The lowest BCUT2D eigenvalue weighted by Crippen LogP contribution is -2.51. The first-order valence-corrected chi connectivity index (χ1v) is 12.8. The van der Waals surface area contributed by atoms with Gasteiger partial charge in [0.1, 0.15) is 5.78 Å². The number of allylic oxidation sites excluding steroid dienone is 1. The highest BCUT2D eigenvalue weighted by atomic mass is 16.3. The predicted octanol–water partition coefficient (Wildman–Crippen LogP) is 5.98. The van der Waals surface area contributed by atoms with Gasteiger partial charge in [-0.05, 0) is 104 Å². The molecule has 8 atom stereocenters. The number of rotatable bonds is 3. The maximum Gasteiger partial charge on any atom is 0.134 e. The van der Waals surface area contributed by atoms with Crippen molar-refractivity contribution in [1.29, 1.82) is 0 Å². The van der Waals surface area contributed by atoms with Crippen molar-refractivity contribution in [2.45, 2.75) is 77.7 Å². The number of hydrogen-bond acceptors (Lipinski definition) is 3. The van der Waals surface area contributed by atoms with Crippen LogP contribution in [0, 0.1) is 34.5 Å². The molecule has 174 valence electrons. The van der Waals surface area contributed by atoms with Crippen molar-refractivity contribution in [2.24, 2.45) is 34.5 Å². The number of hydrogen-bond donors (Lipinski definition) is 1. The van der Waals surface area contributed by atoms with Crippen molar-refractivity contribution in [2.75, 3.05) is 19.0 Å². The van der Waals surface area contributed by atoms with Crippen LogP contribution in [0.1, 0.15) is 77.2 Å². The molecule has 1 aromatic carbocycles. The van der Waals surface area contributed by atoms with Crippen molar-refractivity contribution >= 4 is 11.5 Å². The van der Waals surface area contributed by atoms with Crippen LogP contribution in [0.5, 0.6) is 0 Å². The summed E-state index contributed by atoms with van der Waals surface area (Å²) < 4.78 is 0. The SMILES string of the molecule is CC(=O)C1C(c2ccc(N(C)C)cc2)CC2C3CC=C4CC(O)CCC4(C)C3CCC21C. The summed E-state index contributed by atoms with van der Waals surface area (Å²) in [5.74, 6) is 2.83. The van der Waals surface area contributed by atoms with E-state index in [2.05, 4.69) is 63.2 Å². The molecule has 0 bridgehead atoms. The summed E-state index contributed by atoms with van der Waals surface area (Å²) in [6.07, 6.45) is 9.97. The minimum atomic E-state index is -0.150. The molecule has 0 spiro atoms. The van der Waals surface area contributed by atoms with E-state index >= 15 is 0 Å². The molecular weight excluding hydrogens is 394 g/mol. The number of benzene rings is 1. The van der Waals surface area contributed by atoms with E-state index in [1.54, 1.807) is 0 Å². The Labute approximate surface area is 194 Å². The molecule has 8 unspecified atom stereocenters. The van der Waals surface area contributed by atoms with E-state index in [0.717, 1.165) is 32.1 Å². The molecule has 32 heavy (non-hydrogen) atoms. The van der Waals surface area contributed by atoms with Crippen molar-refractivity contribution < 1.29 is 9.90 Å². The van der Waals surface area contributed by atoms with E-state index in [0.29, 0.717) is 29.5 Å². The summed E-state index contributed by atoms with van der Waals surface area (Å²) in [5.41, 5.74) is 4.45. The van der Waals surface area contributed by atoms with Gasteiger partial charge in [0.25, 0.3) is 0 Å². The molecule has 4 aliphatic carbocycles. The van der Waals surface area contributed by atoms with E-state index in [1.807, 2.05) is 6.92 Å². The average Bonchev–Trinajstić information content (AvgIpc) is 3.07. The number of aliphatic hydroxyl groups excluding tert-OH is 1. The van der Waals surface area contributed by atoms with Crippen LogP contribution < -0.4 is 4.90 Å². The Morgan fingerprint density at radius 2 is 1.78 bits per heavy atom. The Morgan fingerprint density at radius 3 is 2.44 bits per heavy atom. The first kappa shape index (κ1) is 22.2. The van der Waals surface area contributed by atoms with Crippen LogP contribution in [0.2, 0.25) is 0 Å². The van der Waals surface area contributed by atoms with Gasteiger partial charge in [-0.2, -0.15) is 0 Å². The van der Waals surface area contributed by atoms with Crippen LogP contribution in [0.3, 0.4) is 0 Å². The predicted molar refractivity (Wildman–Crippen MR) is 131 cm³/mol. The van der Waals surface area contributed by atoms with Gasteiger partial charge in [-0.1, -0.05) is 37.6 Å². The maximum atomic E-state index is 13.1. The van der Waals surface area contributed by atoms with Crippen molar-refractivity contribution in [3.63, 3.8) is 0 Å². The molecule has 0 saturated heterocycles. The highest BCUT2D eigenvalue weighted by Gasteiger charge is 2.62. The van der Waals surface area contributed by atoms with Crippen LogP contribution in [-0.4, -0.2) is 31.1 Å². The number of anilines is 1. The summed E-state index contributed by atoms with van der Waals surface area (Å²) in [7, 11) is 4.16. The molecule has 1 aromatic rings. The third kappa shape index (κ3) is 3.22. The highest BCUT2D eigenvalue weighted by molar-refractivity contribution is 5.81. The van der Waals surface area contributed by atoms with Gasteiger partial charge in [-0.15, -0.1) is 0 Å². The molecule has 3 nitrogen and oxygen atoms in total. The Kier molecular flexibility index (Phi) is 5.36. The summed E-state index contributed by atoms with van der Waals surface area (Å²) >= 11 is 0. The normalized spacial score (nSPS) is 43.0. The number of aliphatic hydroxyl groups is 1. The van der Waals surface area contributed by atoms with Gasteiger partial charge in [-0.25, -0.2) is 0 Å². The smallest absolute Gasteiger partial charge is 0.134 e. The lowest BCUT2D eigenvalue weighted by molar-refractivity contribution is -0.128. The molecule has 5 rings (SSSR count). The van der Waals surface area contributed by atoms with Gasteiger partial charge in [-0.3, -0.25) is 4.79 Å². The second kappa shape index (κ2) is 7.72. The summed E-state index contributed by atoms with van der Waals surface area (Å²) in [6, 6.07) is 8.97. The first-order chi connectivity index (χ1) is 15.1. The monoisotopic (exact) mass is 435 g/mol. The van der Waals surface area contributed by atoms with Crippen LogP contribution in [0.15, 0.2) is 35.9 Å². The van der Waals surface area contributed by atoms with Crippen molar-refractivity contribution in [3.05, 3.63) is 41.5 Å². The van der Waals surface area contributed by atoms with Gasteiger partial charge in [0, 0.05) is 25.7 Å². The zero-order valence-corrected chi connectivity index (χ0v) is 20.6. The van der Waals surface area contributed by atoms with Gasteiger partial charge in [0.15, 0.2) is 0 Å². The van der Waals surface area contributed by atoms with E-state index < -0.39 is 0 Å². The molecule has 0 aliphatic heterocycles. The zero-order chi connectivity index (χ0) is 22.8. The molecular formula is C29H41NO2. The van der Waals surface area contributed by atoms with Gasteiger partial charge < -0.3 is 10.0 Å². The Balaban J connectivity index is 1.49. The molecule has 0 heterocycles. The Bertz CT molecular complexity index is 918. The summed E-state index contributed by atoms with van der Waals surface area (Å²) in [4.78, 5) is 15.2. The van der Waals surface area contributed by atoms with E-state index in [1.165, 1.54) is 29.7 Å². The van der Waals surface area contributed by atoms with Crippen LogP contribution in [0.25, 0.3) is 0 Å². The molecule has 4 aliphatic rings. The number of carbonyl (C=O) groups excluding carboxylic acids is 1. The maximum absolute atomic E-state index is 13.1. The van der Waals surface area contributed by atoms with Gasteiger partial charge in [0.2, 0.25) is 0 Å². The average molecular weight is 436 g/mol. The molecule has 0 radical (unpaired) electrons. The van der Waals surface area contributed by atoms with Crippen molar-refractivity contribution in [3.8, 4) is 0 Å². The summed E-state index contributed by atoms with van der Waals surface area (Å²) in [6.45, 7) is 6.77. The number of Topliss-reactive ketones (excluding diaryl/α,β-unsaturated/α-hetero) is 1. The van der Waals surface area contributed by atoms with Crippen LogP contribution in [0.4, 0.5) is 5.69 Å². The topological polar surface area (TPSA) is 40.5 Å². The lowest BCUT2D eigenvalue weighted by atomic mass is 9.47. The number of fused-ring (bicyclic) bond motifs is 5. The number of nitrogens with zero attached hydrogens (tertiary/aromatic N) is 1. The van der Waals surface area contributed by atoms with Gasteiger partial charge in [0.05, 0.1) is 6.10 Å². The molecule has 3 saturated carbocycles. The Hall–Kier alpha value is -1.61. The minimum Gasteiger partial charge on any atom is -0.393 e.